The first-order valence-electron chi connectivity index (χ1n) is 7.01. The highest BCUT2D eigenvalue weighted by atomic mass is 79.9. The van der Waals surface area contributed by atoms with Gasteiger partial charge in [0.25, 0.3) is 0 Å². The molecule has 2 aromatic heterocycles. The van der Waals surface area contributed by atoms with Gasteiger partial charge in [-0.3, -0.25) is 9.97 Å². The summed E-state index contributed by atoms with van der Waals surface area (Å²) in [5.74, 6) is 0. The van der Waals surface area contributed by atoms with Gasteiger partial charge in [-0.05, 0) is 52.9 Å². The Labute approximate surface area is 127 Å². The monoisotopic (exact) mass is 334 g/mol. The molecule has 0 bridgehead atoms. The van der Waals surface area contributed by atoms with Gasteiger partial charge in [-0.15, -0.1) is 0 Å². The Morgan fingerprint density at radius 3 is 3.15 bits per heavy atom. The number of pyridine rings is 2. The lowest BCUT2D eigenvalue weighted by molar-refractivity contribution is 0.253. The third-order valence-electron chi connectivity index (χ3n) is 3.94. The quantitative estimate of drug-likeness (QED) is 0.904. The molecule has 0 spiro atoms. The standard InChI is InChI=1S/C15H19BrN4/c1-15(4-2-5-17-9-15)10-20-12-3-6-18-13-7-11(16)8-19-14(12)13/h3,6-8,17H,2,4-5,9-10H2,1H3,(H,18,20). The maximum Gasteiger partial charge on any atom is 0.112 e. The van der Waals surface area contributed by atoms with E-state index in [9.17, 15) is 0 Å². The average Bonchev–Trinajstić information content (AvgIpc) is 2.45. The molecule has 2 N–H and O–H groups in total. The van der Waals surface area contributed by atoms with Crippen molar-refractivity contribution in [3.05, 3.63) is 29.0 Å². The van der Waals surface area contributed by atoms with Gasteiger partial charge in [-0.2, -0.15) is 0 Å². The van der Waals surface area contributed by atoms with Crippen molar-refractivity contribution in [1.29, 1.82) is 0 Å². The van der Waals surface area contributed by atoms with Crippen molar-refractivity contribution < 1.29 is 0 Å². The zero-order valence-electron chi connectivity index (χ0n) is 11.6. The molecule has 1 aliphatic heterocycles. The molecule has 5 heteroatoms. The van der Waals surface area contributed by atoms with Crippen LogP contribution in [-0.2, 0) is 0 Å². The van der Waals surface area contributed by atoms with Gasteiger partial charge in [0, 0.05) is 30.0 Å². The lowest BCUT2D eigenvalue weighted by atomic mass is 9.83. The first-order chi connectivity index (χ1) is 9.66. The summed E-state index contributed by atoms with van der Waals surface area (Å²) in [5.41, 5.74) is 3.22. The maximum atomic E-state index is 4.48. The SMILES string of the molecule is CC1(CNc2ccnc3cc(Br)cnc23)CCCNC1. The number of fused-ring (bicyclic) bond motifs is 1. The summed E-state index contributed by atoms with van der Waals surface area (Å²) in [7, 11) is 0. The molecule has 3 heterocycles. The van der Waals surface area contributed by atoms with Crippen molar-refractivity contribution in [3.63, 3.8) is 0 Å². The van der Waals surface area contributed by atoms with Gasteiger partial charge in [0.05, 0.1) is 11.2 Å². The zero-order chi connectivity index (χ0) is 14.0. The van der Waals surface area contributed by atoms with Crippen molar-refractivity contribution in [1.82, 2.24) is 15.3 Å². The van der Waals surface area contributed by atoms with E-state index < -0.39 is 0 Å². The van der Waals surface area contributed by atoms with Crippen molar-refractivity contribution in [3.8, 4) is 0 Å². The number of nitrogens with one attached hydrogen (secondary N) is 2. The number of hydrogen-bond acceptors (Lipinski definition) is 4. The summed E-state index contributed by atoms with van der Waals surface area (Å²) in [6.07, 6.45) is 6.16. The van der Waals surface area contributed by atoms with Crippen LogP contribution in [0, 0.1) is 5.41 Å². The molecule has 1 fully saturated rings. The van der Waals surface area contributed by atoms with E-state index in [4.69, 9.17) is 0 Å². The first kappa shape index (κ1) is 13.8. The second-order valence-corrected chi connectivity index (χ2v) is 6.74. The van der Waals surface area contributed by atoms with Crippen LogP contribution in [0.5, 0.6) is 0 Å². The second kappa shape index (κ2) is 5.66. The Morgan fingerprint density at radius 1 is 1.45 bits per heavy atom. The zero-order valence-corrected chi connectivity index (χ0v) is 13.2. The third-order valence-corrected chi connectivity index (χ3v) is 4.37. The Balaban J connectivity index is 1.80. The van der Waals surface area contributed by atoms with Crippen molar-refractivity contribution in [2.45, 2.75) is 19.8 Å². The van der Waals surface area contributed by atoms with E-state index in [1.54, 1.807) is 0 Å². The lowest BCUT2D eigenvalue weighted by Crippen LogP contribution is -2.42. The van der Waals surface area contributed by atoms with E-state index in [1.165, 1.54) is 12.8 Å². The molecule has 1 aliphatic rings. The molecule has 3 rings (SSSR count). The Hall–Kier alpha value is -1.20. The number of piperidine rings is 1. The van der Waals surface area contributed by atoms with E-state index in [-0.39, 0.29) is 0 Å². The van der Waals surface area contributed by atoms with E-state index in [1.807, 2.05) is 24.5 Å². The fraction of sp³-hybridized carbons (Fsp3) is 0.467. The minimum absolute atomic E-state index is 0.309. The number of hydrogen-bond donors (Lipinski definition) is 2. The van der Waals surface area contributed by atoms with Crippen LogP contribution in [0.15, 0.2) is 29.0 Å². The molecule has 4 nitrogen and oxygen atoms in total. The smallest absolute Gasteiger partial charge is 0.112 e. The van der Waals surface area contributed by atoms with E-state index in [2.05, 4.69) is 43.5 Å². The van der Waals surface area contributed by atoms with Crippen LogP contribution in [0.4, 0.5) is 5.69 Å². The average molecular weight is 335 g/mol. The summed E-state index contributed by atoms with van der Waals surface area (Å²) >= 11 is 3.44. The van der Waals surface area contributed by atoms with Crippen LogP contribution >= 0.6 is 15.9 Å². The third kappa shape index (κ3) is 2.94. The maximum absolute atomic E-state index is 4.48. The highest BCUT2D eigenvalue weighted by molar-refractivity contribution is 9.10. The van der Waals surface area contributed by atoms with Crippen LogP contribution < -0.4 is 10.6 Å². The fourth-order valence-corrected chi connectivity index (χ4v) is 3.05. The highest BCUT2D eigenvalue weighted by Crippen LogP contribution is 2.28. The Kier molecular flexibility index (Phi) is 3.89. The van der Waals surface area contributed by atoms with Crippen molar-refractivity contribution in [2.75, 3.05) is 25.0 Å². The molecule has 20 heavy (non-hydrogen) atoms. The van der Waals surface area contributed by atoms with Crippen molar-refractivity contribution >= 4 is 32.7 Å². The number of rotatable bonds is 3. The summed E-state index contributed by atoms with van der Waals surface area (Å²) in [6, 6.07) is 4.00. The topological polar surface area (TPSA) is 49.8 Å². The van der Waals surface area contributed by atoms with Crippen molar-refractivity contribution in [2.24, 2.45) is 5.41 Å². The van der Waals surface area contributed by atoms with Gasteiger partial charge in [0.1, 0.15) is 5.52 Å². The van der Waals surface area contributed by atoms with Gasteiger partial charge >= 0.3 is 0 Å². The molecule has 1 saturated heterocycles. The minimum atomic E-state index is 0.309. The molecular formula is C15H19BrN4. The van der Waals surface area contributed by atoms with Crippen LogP contribution in [0.2, 0.25) is 0 Å². The molecule has 0 radical (unpaired) electrons. The highest BCUT2D eigenvalue weighted by Gasteiger charge is 2.26. The molecule has 0 aliphatic carbocycles. The molecule has 106 valence electrons. The number of aromatic nitrogens is 2. The van der Waals surface area contributed by atoms with Gasteiger partial charge < -0.3 is 10.6 Å². The van der Waals surface area contributed by atoms with Gasteiger partial charge in [-0.1, -0.05) is 6.92 Å². The minimum Gasteiger partial charge on any atom is -0.383 e. The molecule has 0 saturated carbocycles. The summed E-state index contributed by atoms with van der Waals surface area (Å²) in [6.45, 7) is 5.50. The van der Waals surface area contributed by atoms with Crippen LogP contribution in [-0.4, -0.2) is 29.6 Å². The first-order valence-corrected chi connectivity index (χ1v) is 7.80. The Bertz CT molecular complexity index is 608. The predicted molar refractivity (Wildman–Crippen MR) is 85.9 cm³/mol. The van der Waals surface area contributed by atoms with E-state index in [0.29, 0.717) is 5.41 Å². The van der Waals surface area contributed by atoms with Gasteiger partial charge in [0.2, 0.25) is 0 Å². The lowest BCUT2D eigenvalue weighted by Gasteiger charge is -2.34. The van der Waals surface area contributed by atoms with Crippen LogP contribution in [0.3, 0.4) is 0 Å². The van der Waals surface area contributed by atoms with E-state index >= 15 is 0 Å². The molecule has 1 unspecified atom stereocenters. The van der Waals surface area contributed by atoms with Gasteiger partial charge in [0.15, 0.2) is 0 Å². The second-order valence-electron chi connectivity index (χ2n) is 5.82. The Morgan fingerprint density at radius 2 is 2.35 bits per heavy atom. The van der Waals surface area contributed by atoms with E-state index in [0.717, 1.165) is 40.8 Å². The largest absolute Gasteiger partial charge is 0.383 e. The molecule has 1 atom stereocenters. The normalized spacial score (nSPS) is 22.9. The molecule has 2 aromatic rings. The van der Waals surface area contributed by atoms with Crippen LogP contribution in [0.25, 0.3) is 11.0 Å². The van der Waals surface area contributed by atoms with Gasteiger partial charge in [-0.25, -0.2) is 0 Å². The fourth-order valence-electron chi connectivity index (χ4n) is 2.73. The summed E-state index contributed by atoms with van der Waals surface area (Å²) in [5, 5.41) is 7.04. The summed E-state index contributed by atoms with van der Waals surface area (Å²) in [4.78, 5) is 8.85. The molecular weight excluding hydrogens is 316 g/mol. The molecule has 0 amide bonds. The number of halogens is 1. The molecule has 0 aromatic carbocycles. The predicted octanol–water partition coefficient (Wildman–Crippen LogP) is 3.19. The number of nitrogens with zero attached hydrogens (tertiary/aromatic N) is 2. The number of anilines is 1. The van der Waals surface area contributed by atoms with Crippen LogP contribution in [0.1, 0.15) is 19.8 Å². The summed E-state index contributed by atoms with van der Waals surface area (Å²) < 4.78 is 0.957.